The minimum Gasteiger partial charge on any atom is -0.356 e. The Morgan fingerprint density at radius 3 is 2.43 bits per heavy atom. The Morgan fingerprint density at radius 2 is 1.81 bits per heavy atom. The number of ether oxygens (including phenoxy) is 2. The highest BCUT2D eigenvalue weighted by Crippen LogP contribution is 1.98. The van der Waals surface area contributed by atoms with Gasteiger partial charge < -0.3 is 20.1 Å². The van der Waals surface area contributed by atoms with Crippen molar-refractivity contribution in [1.29, 1.82) is 0 Å². The van der Waals surface area contributed by atoms with Gasteiger partial charge in [0, 0.05) is 40.3 Å². The second-order valence-electron chi connectivity index (χ2n) is 4.44. The fraction of sp³-hybridized carbons (Fsp3) is 0.533. The van der Waals surface area contributed by atoms with Crippen molar-refractivity contribution in [3.05, 3.63) is 35.9 Å². The Balaban J connectivity index is 0.00000400. The van der Waals surface area contributed by atoms with E-state index in [4.69, 9.17) is 9.47 Å². The first-order valence-corrected chi connectivity index (χ1v) is 6.83. The van der Waals surface area contributed by atoms with E-state index in [1.54, 1.807) is 14.2 Å². The number of amides is 1. The van der Waals surface area contributed by atoms with Crippen LogP contribution in [0.25, 0.3) is 0 Å². The van der Waals surface area contributed by atoms with Crippen molar-refractivity contribution in [3.63, 3.8) is 0 Å². The Labute approximate surface area is 132 Å². The van der Waals surface area contributed by atoms with Crippen molar-refractivity contribution in [1.82, 2.24) is 10.6 Å². The standard InChI is InChI=1S/C15H24N2O3.ClH/c1-19-15(20-2)12-16-10-9-14(18)17-11-8-13-6-4-3-5-7-13;/h3-7,15-16H,8-12H2,1-2H3,(H,17,18);1H. The van der Waals surface area contributed by atoms with Crippen LogP contribution in [0.2, 0.25) is 0 Å². The summed E-state index contributed by atoms with van der Waals surface area (Å²) in [7, 11) is 3.18. The van der Waals surface area contributed by atoms with Gasteiger partial charge in [-0.25, -0.2) is 0 Å². The number of rotatable bonds is 10. The van der Waals surface area contributed by atoms with E-state index < -0.39 is 0 Å². The summed E-state index contributed by atoms with van der Waals surface area (Å²) in [6.07, 6.45) is 1.04. The van der Waals surface area contributed by atoms with E-state index >= 15 is 0 Å². The third kappa shape index (κ3) is 9.42. The minimum atomic E-state index is -0.267. The Kier molecular flexibility index (Phi) is 11.9. The number of benzene rings is 1. The number of carbonyl (C=O) groups is 1. The van der Waals surface area contributed by atoms with Crippen molar-refractivity contribution in [3.8, 4) is 0 Å². The summed E-state index contributed by atoms with van der Waals surface area (Å²) in [5.74, 6) is 0.0554. The lowest BCUT2D eigenvalue weighted by Gasteiger charge is -2.13. The molecule has 0 aliphatic heterocycles. The largest absolute Gasteiger partial charge is 0.356 e. The van der Waals surface area contributed by atoms with E-state index in [1.165, 1.54) is 5.56 Å². The van der Waals surface area contributed by atoms with Crippen molar-refractivity contribution in [2.45, 2.75) is 19.1 Å². The number of halogens is 1. The molecule has 120 valence electrons. The first-order valence-electron chi connectivity index (χ1n) is 6.83. The van der Waals surface area contributed by atoms with Crippen molar-refractivity contribution in [2.24, 2.45) is 0 Å². The van der Waals surface area contributed by atoms with Gasteiger partial charge in [0.25, 0.3) is 0 Å². The smallest absolute Gasteiger partial charge is 0.221 e. The van der Waals surface area contributed by atoms with Crippen LogP contribution in [0.4, 0.5) is 0 Å². The lowest BCUT2D eigenvalue weighted by Crippen LogP contribution is -2.33. The van der Waals surface area contributed by atoms with Gasteiger partial charge in [-0.3, -0.25) is 4.79 Å². The van der Waals surface area contributed by atoms with E-state index in [0.717, 1.165) is 6.42 Å². The van der Waals surface area contributed by atoms with Gasteiger partial charge in [-0.2, -0.15) is 0 Å². The van der Waals surface area contributed by atoms with Crippen LogP contribution in [0.3, 0.4) is 0 Å². The number of carbonyl (C=O) groups excluding carboxylic acids is 1. The van der Waals surface area contributed by atoms with Gasteiger partial charge >= 0.3 is 0 Å². The molecule has 0 unspecified atom stereocenters. The molecule has 0 radical (unpaired) electrons. The van der Waals surface area contributed by atoms with Gasteiger partial charge in [-0.1, -0.05) is 30.3 Å². The monoisotopic (exact) mass is 316 g/mol. The van der Waals surface area contributed by atoms with Crippen LogP contribution in [0.15, 0.2) is 30.3 Å². The summed E-state index contributed by atoms with van der Waals surface area (Å²) in [5.41, 5.74) is 1.23. The molecular weight excluding hydrogens is 292 g/mol. The third-order valence-electron chi connectivity index (χ3n) is 2.94. The predicted molar refractivity (Wildman–Crippen MR) is 85.7 cm³/mol. The van der Waals surface area contributed by atoms with Crippen LogP contribution >= 0.6 is 12.4 Å². The second kappa shape index (κ2) is 12.6. The normalized spacial score (nSPS) is 10.2. The molecule has 0 aliphatic carbocycles. The molecule has 1 rings (SSSR count). The SMILES string of the molecule is COC(CNCCC(=O)NCCc1ccccc1)OC.Cl. The number of methoxy groups -OCH3 is 2. The number of nitrogens with one attached hydrogen (secondary N) is 2. The first kappa shape index (κ1) is 19.9. The molecular formula is C15H25ClN2O3. The molecule has 6 heteroatoms. The maximum atomic E-state index is 11.6. The van der Waals surface area contributed by atoms with E-state index in [0.29, 0.717) is 26.1 Å². The summed E-state index contributed by atoms with van der Waals surface area (Å²) in [4.78, 5) is 11.6. The Hall–Kier alpha value is -1.14. The van der Waals surface area contributed by atoms with Crippen LogP contribution in [0.5, 0.6) is 0 Å². The Morgan fingerprint density at radius 1 is 1.14 bits per heavy atom. The fourth-order valence-corrected chi connectivity index (χ4v) is 1.76. The molecule has 0 spiro atoms. The van der Waals surface area contributed by atoms with Gasteiger partial charge in [0.05, 0.1) is 0 Å². The quantitative estimate of drug-likeness (QED) is 0.505. The van der Waals surface area contributed by atoms with E-state index in [-0.39, 0.29) is 24.6 Å². The molecule has 0 atom stereocenters. The highest BCUT2D eigenvalue weighted by atomic mass is 35.5. The first-order chi connectivity index (χ1) is 9.76. The van der Waals surface area contributed by atoms with Crippen LogP contribution in [0.1, 0.15) is 12.0 Å². The molecule has 1 aromatic carbocycles. The van der Waals surface area contributed by atoms with Crippen molar-refractivity contribution in [2.75, 3.05) is 33.9 Å². The topological polar surface area (TPSA) is 59.6 Å². The third-order valence-corrected chi connectivity index (χ3v) is 2.94. The number of hydrogen-bond acceptors (Lipinski definition) is 4. The molecule has 5 nitrogen and oxygen atoms in total. The van der Waals surface area contributed by atoms with E-state index in [2.05, 4.69) is 22.8 Å². The fourth-order valence-electron chi connectivity index (χ4n) is 1.76. The van der Waals surface area contributed by atoms with Gasteiger partial charge in [0.1, 0.15) is 0 Å². The zero-order chi connectivity index (χ0) is 14.6. The van der Waals surface area contributed by atoms with Crippen LogP contribution in [0, 0.1) is 0 Å². The molecule has 2 N–H and O–H groups in total. The van der Waals surface area contributed by atoms with Crippen LogP contribution in [-0.2, 0) is 20.7 Å². The molecule has 21 heavy (non-hydrogen) atoms. The molecule has 1 amide bonds. The van der Waals surface area contributed by atoms with Gasteiger partial charge in [-0.15, -0.1) is 12.4 Å². The maximum absolute atomic E-state index is 11.6. The van der Waals surface area contributed by atoms with Gasteiger partial charge in [-0.05, 0) is 12.0 Å². The van der Waals surface area contributed by atoms with Crippen molar-refractivity contribution < 1.29 is 14.3 Å². The average Bonchev–Trinajstić information content (AvgIpc) is 2.48. The number of hydrogen-bond donors (Lipinski definition) is 2. The zero-order valence-electron chi connectivity index (χ0n) is 12.6. The van der Waals surface area contributed by atoms with Crippen LogP contribution in [-0.4, -0.2) is 46.1 Å². The molecule has 0 heterocycles. The van der Waals surface area contributed by atoms with Gasteiger partial charge in [0.15, 0.2) is 6.29 Å². The average molecular weight is 317 g/mol. The lowest BCUT2D eigenvalue weighted by molar-refractivity contribution is -0.121. The molecule has 0 saturated heterocycles. The van der Waals surface area contributed by atoms with Crippen LogP contribution < -0.4 is 10.6 Å². The highest BCUT2D eigenvalue weighted by molar-refractivity contribution is 5.85. The highest BCUT2D eigenvalue weighted by Gasteiger charge is 2.05. The van der Waals surface area contributed by atoms with Crippen molar-refractivity contribution >= 4 is 18.3 Å². The summed E-state index contributed by atoms with van der Waals surface area (Å²) in [5, 5.41) is 6.02. The second-order valence-corrected chi connectivity index (χ2v) is 4.44. The van der Waals surface area contributed by atoms with Gasteiger partial charge in [0.2, 0.25) is 5.91 Å². The molecule has 1 aromatic rings. The summed E-state index contributed by atoms with van der Waals surface area (Å²) in [6, 6.07) is 10.1. The summed E-state index contributed by atoms with van der Waals surface area (Å²) < 4.78 is 10.1. The molecule has 0 aliphatic rings. The van der Waals surface area contributed by atoms with E-state index in [1.807, 2.05) is 18.2 Å². The zero-order valence-corrected chi connectivity index (χ0v) is 13.4. The molecule has 0 saturated carbocycles. The molecule has 0 aromatic heterocycles. The van der Waals surface area contributed by atoms with E-state index in [9.17, 15) is 4.79 Å². The molecule has 0 bridgehead atoms. The lowest BCUT2D eigenvalue weighted by atomic mass is 10.1. The summed E-state index contributed by atoms with van der Waals surface area (Å²) in [6.45, 7) is 1.85. The Bertz CT molecular complexity index is 372. The summed E-state index contributed by atoms with van der Waals surface area (Å²) >= 11 is 0. The minimum absolute atomic E-state index is 0. The molecule has 0 fully saturated rings. The maximum Gasteiger partial charge on any atom is 0.221 e. The predicted octanol–water partition coefficient (Wildman–Crippen LogP) is 1.37.